The van der Waals surface area contributed by atoms with Gasteiger partial charge in [0.15, 0.2) is 12.6 Å². The normalized spacial score (nSPS) is 18.8. The van der Waals surface area contributed by atoms with Gasteiger partial charge in [0.25, 0.3) is 10.1 Å². The van der Waals surface area contributed by atoms with Gasteiger partial charge in [0, 0.05) is 21.3 Å². The average molecular weight is 749 g/mol. The summed E-state index contributed by atoms with van der Waals surface area (Å²) in [5.74, 6) is -1.41. The number of carbonyl (C=O) groups excluding carboxylic acids is 2. The summed E-state index contributed by atoms with van der Waals surface area (Å²) in [6.07, 6.45) is 5.55. The number of methoxy groups -OCH3 is 2. The molecule has 0 bridgehead atoms. The molecule has 0 aromatic heterocycles. The first-order valence-electron chi connectivity index (χ1n) is 16.8. The summed E-state index contributed by atoms with van der Waals surface area (Å²) < 4.78 is 68.9. The van der Waals surface area contributed by atoms with E-state index in [-0.39, 0.29) is 31.1 Å². The van der Waals surface area contributed by atoms with Gasteiger partial charge in [-0.1, -0.05) is 56.1 Å². The molecule has 0 aliphatic carbocycles. The van der Waals surface area contributed by atoms with Crippen molar-refractivity contribution >= 4 is 36.2 Å². The Labute approximate surface area is 303 Å². The number of hydrogen-bond acceptors (Lipinski definition) is 12. The lowest BCUT2D eigenvalue weighted by atomic mass is 10.0. The van der Waals surface area contributed by atoms with Crippen molar-refractivity contribution in [2.24, 2.45) is 0 Å². The molecule has 14 heteroatoms. The van der Waals surface area contributed by atoms with Gasteiger partial charge in [-0.05, 0) is 69.5 Å². The third-order valence-corrected chi connectivity index (χ3v) is 9.94. The average Bonchev–Trinajstić information content (AvgIpc) is 3.35. The van der Waals surface area contributed by atoms with Gasteiger partial charge in [-0.2, -0.15) is 8.42 Å². The first-order valence-corrected chi connectivity index (χ1v) is 22.3. The molecule has 51 heavy (non-hydrogen) atoms. The van der Waals surface area contributed by atoms with Gasteiger partial charge < -0.3 is 33.2 Å². The molecule has 1 heterocycles. The Bertz CT molecular complexity index is 1620. The van der Waals surface area contributed by atoms with E-state index in [1.54, 1.807) is 81.5 Å². The zero-order chi connectivity index (χ0) is 37.8. The van der Waals surface area contributed by atoms with Crippen molar-refractivity contribution in [3.05, 3.63) is 77.4 Å². The third-order valence-electron chi connectivity index (χ3n) is 7.56. The minimum Gasteiger partial charge on any atom is -0.497 e. The number of hydrogen-bond donors (Lipinski definition) is 0. The second-order valence-corrected chi connectivity index (χ2v) is 21.1. The number of benzene rings is 2. The molecule has 12 nitrogen and oxygen atoms in total. The highest BCUT2D eigenvalue weighted by Crippen LogP contribution is 2.35. The van der Waals surface area contributed by atoms with Crippen LogP contribution in [0.25, 0.3) is 6.08 Å². The maximum Gasteiger partial charge on any atom is 0.342 e. The summed E-state index contributed by atoms with van der Waals surface area (Å²) in [7, 11) is -2.11. The Kier molecular flexibility index (Phi) is 15.4. The molecule has 282 valence electrons. The summed E-state index contributed by atoms with van der Waals surface area (Å²) in [4.78, 5) is 26.7. The summed E-state index contributed by atoms with van der Waals surface area (Å²) >= 11 is 0. The van der Waals surface area contributed by atoms with E-state index in [0.717, 1.165) is 12.3 Å². The molecule has 3 rings (SSSR count). The van der Waals surface area contributed by atoms with Crippen LogP contribution in [0.5, 0.6) is 11.5 Å². The van der Waals surface area contributed by atoms with Crippen LogP contribution in [0.15, 0.2) is 60.7 Å². The van der Waals surface area contributed by atoms with E-state index in [4.69, 9.17) is 37.3 Å². The zero-order valence-corrected chi connectivity index (χ0v) is 32.8. The first kappa shape index (κ1) is 41.9. The fourth-order valence-electron chi connectivity index (χ4n) is 5.21. The third kappa shape index (κ3) is 14.2. The fourth-order valence-corrected chi connectivity index (χ4v) is 6.60. The molecular formula is C37H52O12SSi. The Morgan fingerprint density at radius 2 is 1.73 bits per heavy atom. The molecule has 3 unspecified atom stereocenters. The van der Waals surface area contributed by atoms with Gasteiger partial charge in [0.2, 0.25) is 0 Å². The van der Waals surface area contributed by atoms with Crippen molar-refractivity contribution < 1.29 is 55.3 Å². The molecule has 1 aliphatic rings. The minimum absolute atomic E-state index is 0.0920. The van der Waals surface area contributed by atoms with Crippen molar-refractivity contribution in [3.63, 3.8) is 0 Å². The van der Waals surface area contributed by atoms with Crippen molar-refractivity contribution in [1.82, 2.24) is 0 Å². The zero-order valence-electron chi connectivity index (χ0n) is 31.0. The highest BCUT2D eigenvalue weighted by atomic mass is 32.2. The second kappa shape index (κ2) is 18.8. The first-order chi connectivity index (χ1) is 23.9. The lowest BCUT2D eigenvalue weighted by molar-refractivity contribution is -0.152. The van der Waals surface area contributed by atoms with Crippen LogP contribution >= 0.6 is 0 Å². The fraction of sp³-hybridized carbons (Fsp3) is 0.514. The topological polar surface area (TPSA) is 142 Å². The smallest absolute Gasteiger partial charge is 0.342 e. The largest absolute Gasteiger partial charge is 0.497 e. The molecule has 4 atom stereocenters. The van der Waals surface area contributed by atoms with Gasteiger partial charge in [-0.15, -0.1) is 0 Å². The monoisotopic (exact) mass is 748 g/mol. The van der Waals surface area contributed by atoms with Crippen molar-refractivity contribution in [3.8, 4) is 11.5 Å². The molecule has 1 aliphatic heterocycles. The number of carbonyl (C=O) groups is 2. The summed E-state index contributed by atoms with van der Waals surface area (Å²) in [6.45, 7) is 12.0. The molecule has 2 aromatic rings. The van der Waals surface area contributed by atoms with Crippen molar-refractivity contribution in [2.75, 3.05) is 33.9 Å². The van der Waals surface area contributed by atoms with Crippen LogP contribution in [-0.4, -0.2) is 92.5 Å². The van der Waals surface area contributed by atoms with Gasteiger partial charge in [-0.3, -0.25) is 4.18 Å². The maximum absolute atomic E-state index is 13.5. The molecule has 0 radical (unpaired) electrons. The minimum atomic E-state index is -3.65. The van der Waals surface area contributed by atoms with Gasteiger partial charge >= 0.3 is 11.9 Å². The van der Waals surface area contributed by atoms with Crippen LogP contribution in [0.2, 0.25) is 25.7 Å². The number of ether oxygens (including phenoxy) is 7. The van der Waals surface area contributed by atoms with Crippen LogP contribution < -0.4 is 9.47 Å². The molecule has 0 spiro atoms. The summed E-state index contributed by atoms with van der Waals surface area (Å²) in [6, 6.07) is 12.7. The molecule has 0 saturated carbocycles. The predicted octanol–water partition coefficient (Wildman–Crippen LogP) is 6.63. The van der Waals surface area contributed by atoms with E-state index in [9.17, 15) is 18.0 Å². The summed E-state index contributed by atoms with van der Waals surface area (Å²) in [5.41, 5.74) is 1.08. The highest BCUT2D eigenvalue weighted by molar-refractivity contribution is 7.86. The Hall–Kier alpha value is -3.53. The van der Waals surface area contributed by atoms with E-state index >= 15 is 0 Å². The van der Waals surface area contributed by atoms with Crippen LogP contribution in [0.4, 0.5) is 0 Å². The van der Waals surface area contributed by atoms with E-state index in [2.05, 4.69) is 19.6 Å². The quantitative estimate of drug-likeness (QED) is 0.0500. The number of rotatable bonds is 19. The van der Waals surface area contributed by atoms with Crippen LogP contribution in [0, 0.1) is 0 Å². The molecule has 2 aromatic carbocycles. The van der Waals surface area contributed by atoms with E-state index in [0.29, 0.717) is 23.3 Å². The predicted molar refractivity (Wildman–Crippen MR) is 196 cm³/mol. The van der Waals surface area contributed by atoms with Gasteiger partial charge in [-0.25, -0.2) is 9.59 Å². The molecule has 1 fully saturated rings. The van der Waals surface area contributed by atoms with Gasteiger partial charge in [0.05, 0.1) is 37.7 Å². The van der Waals surface area contributed by atoms with E-state index in [1.165, 1.54) is 14.2 Å². The Morgan fingerprint density at radius 3 is 2.35 bits per heavy atom. The second-order valence-electron chi connectivity index (χ2n) is 13.9. The molecular weight excluding hydrogens is 697 g/mol. The molecule has 0 amide bonds. The molecule has 1 saturated heterocycles. The van der Waals surface area contributed by atoms with Crippen LogP contribution in [0.1, 0.15) is 59.9 Å². The van der Waals surface area contributed by atoms with E-state index < -0.39 is 60.3 Å². The van der Waals surface area contributed by atoms with E-state index in [1.807, 2.05) is 6.08 Å². The van der Waals surface area contributed by atoms with Crippen molar-refractivity contribution in [2.45, 2.75) is 89.5 Å². The summed E-state index contributed by atoms with van der Waals surface area (Å²) in [5, 5.41) is 0. The van der Waals surface area contributed by atoms with Crippen LogP contribution in [-0.2, 0) is 38.0 Å². The maximum atomic E-state index is 13.5. The highest BCUT2D eigenvalue weighted by Gasteiger charge is 2.45. The Balaban J connectivity index is 1.93. The lowest BCUT2D eigenvalue weighted by Gasteiger charge is -2.24. The molecule has 0 N–H and O–H groups in total. The Morgan fingerprint density at radius 1 is 1.02 bits per heavy atom. The lowest BCUT2D eigenvalue weighted by Crippen LogP contribution is -2.37. The SMILES string of the molecule is COCOc1cc(OC)cc(/C=C/C[C@@H]2OC(C)(C)OC2C(/C=C\CC(C)OS(C)(=O)=O)OC(=O)c2ccccc2)c1C(=O)OCC[Si](C)(C)C. The number of esters is 2. The van der Waals surface area contributed by atoms with Crippen molar-refractivity contribution in [1.29, 1.82) is 0 Å². The van der Waals surface area contributed by atoms with Gasteiger partial charge in [0.1, 0.15) is 29.3 Å². The standard InChI is InChI=1S/C37H52O12SSi/c1-26(49-50(6,40)41)15-13-19-30(46-35(38)27-16-11-10-12-17-27)34-31(47-37(2,3)48-34)20-14-18-28-23-29(43-5)24-32(45-25-42-4)33(28)36(39)44-21-22-51(7,8)9/h10-14,16-19,23-24,26,30-31,34H,15,20-22,25H2,1-9H3/b18-14+,19-13-/t26?,30?,31-,34?/m0/s1. The van der Waals surface area contributed by atoms with Crippen LogP contribution in [0.3, 0.4) is 0 Å².